The van der Waals surface area contributed by atoms with Crippen LogP contribution >= 0.6 is 0 Å². The van der Waals surface area contributed by atoms with Gasteiger partial charge >= 0.3 is 11.9 Å². The second-order valence-corrected chi connectivity index (χ2v) is 5.39. The van der Waals surface area contributed by atoms with Crippen molar-refractivity contribution in [1.82, 2.24) is 24.1 Å². The van der Waals surface area contributed by atoms with Crippen molar-refractivity contribution >= 4 is 23.1 Å². The van der Waals surface area contributed by atoms with Crippen LogP contribution in [0.15, 0.2) is 37.2 Å². The molecule has 3 aromatic rings. The average molecular weight is 343 g/mol. The highest BCUT2D eigenvalue weighted by Gasteiger charge is 2.18. The van der Waals surface area contributed by atoms with E-state index in [0.717, 1.165) is 0 Å². The van der Waals surface area contributed by atoms with Crippen LogP contribution in [-0.2, 0) is 25.6 Å². The first-order chi connectivity index (χ1) is 12.0. The highest BCUT2D eigenvalue weighted by molar-refractivity contribution is 5.78. The molecule has 3 aromatic heterocycles. The van der Waals surface area contributed by atoms with Crippen LogP contribution < -0.4 is 0 Å². The van der Waals surface area contributed by atoms with Gasteiger partial charge in [0.15, 0.2) is 23.1 Å². The van der Waals surface area contributed by atoms with E-state index < -0.39 is 18.0 Å². The summed E-state index contributed by atoms with van der Waals surface area (Å²) in [6, 6.07) is 3.78. The molecule has 0 saturated heterocycles. The molecule has 3 heterocycles. The molecule has 0 amide bonds. The zero-order chi connectivity index (χ0) is 17.8. The maximum absolute atomic E-state index is 11.3. The number of ether oxygens (including phenoxy) is 2. The SMILES string of the molecule is CC(=O)OCC(Cn1cnc2c(-n3cccc3)ncnc21)OC(C)=O. The van der Waals surface area contributed by atoms with Crippen molar-refractivity contribution in [3.63, 3.8) is 0 Å². The standard InChI is InChI=1S/C16H17N5O4/c1-11(22)24-8-13(25-12(2)23)7-21-10-19-14-15(17-9-18-16(14)21)20-5-3-4-6-20/h3-6,9-10,13H,7-8H2,1-2H3. The Kier molecular flexibility index (Phi) is 4.73. The molecule has 0 saturated carbocycles. The highest BCUT2D eigenvalue weighted by atomic mass is 16.6. The third kappa shape index (κ3) is 3.82. The molecular weight excluding hydrogens is 326 g/mol. The number of nitrogens with zero attached hydrogens (tertiary/aromatic N) is 5. The van der Waals surface area contributed by atoms with Crippen LogP contribution in [0, 0.1) is 0 Å². The zero-order valence-corrected chi connectivity index (χ0v) is 13.8. The van der Waals surface area contributed by atoms with Gasteiger partial charge in [0.05, 0.1) is 12.9 Å². The number of hydrogen-bond acceptors (Lipinski definition) is 7. The smallest absolute Gasteiger partial charge is 0.303 e. The molecule has 130 valence electrons. The molecule has 1 unspecified atom stereocenters. The fourth-order valence-electron chi connectivity index (χ4n) is 2.45. The topological polar surface area (TPSA) is 101 Å². The van der Waals surface area contributed by atoms with Gasteiger partial charge in [-0.1, -0.05) is 0 Å². The Morgan fingerprint density at radius 2 is 1.88 bits per heavy atom. The first-order valence-electron chi connectivity index (χ1n) is 7.64. The van der Waals surface area contributed by atoms with Crippen molar-refractivity contribution < 1.29 is 19.1 Å². The minimum absolute atomic E-state index is 0.0376. The van der Waals surface area contributed by atoms with Gasteiger partial charge in [0.2, 0.25) is 0 Å². The van der Waals surface area contributed by atoms with Crippen molar-refractivity contribution in [1.29, 1.82) is 0 Å². The summed E-state index contributed by atoms with van der Waals surface area (Å²) in [6.45, 7) is 2.82. The van der Waals surface area contributed by atoms with Crippen molar-refractivity contribution in [2.75, 3.05) is 6.61 Å². The Bertz CT molecular complexity index is 887. The van der Waals surface area contributed by atoms with Gasteiger partial charge in [-0.25, -0.2) is 15.0 Å². The lowest BCUT2D eigenvalue weighted by atomic mass is 10.3. The van der Waals surface area contributed by atoms with Crippen molar-refractivity contribution in [3.05, 3.63) is 37.2 Å². The Morgan fingerprint density at radius 3 is 2.56 bits per heavy atom. The van der Waals surface area contributed by atoms with E-state index in [-0.39, 0.29) is 13.2 Å². The van der Waals surface area contributed by atoms with Gasteiger partial charge in [0.25, 0.3) is 0 Å². The summed E-state index contributed by atoms with van der Waals surface area (Å²) in [4.78, 5) is 35.2. The van der Waals surface area contributed by atoms with E-state index >= 15 is 0 Å². The number of imidazole rings is 1. The van der Waals surface area contributed by atoms with Crippen molar-refractivity contribution in [2.24, 2.45) is 0 Å². The predicted molar refractivity (Wildman–Crippen MR) is 86.8 cm³/mol. The number of carbonyl (C=O) groups excluding carboxylic acids is 2. The lowest BCUT2D eigenvalue weighted by molar-refractivity contribution is -0.157. The minimum atomic E-state index is -0.635. The van der Waals surface area contributed by atoms with Crippen molar-refractivity contribution in [3.8, 4) is 5.82 Å². The molecule has 3 rings (SSSR count). The molecule has 0 fully saturated rings. The Balaban J connectivity index is 1.88. The number of fused-ring (bicyclic) bond motifs is 1. The van der Waals surface area contributed by atoms with Crippen LogP contribution in [0.2, 0.25) is 0 Å². The Morgan fingerprint density at radius 1 is 1.12 bits per heavy atom. The second kappa shape index (κ2) is 7.12. The minimum Gasteiger partial charge on any atom is -0.462 e. The normalized spacial score (nSPS) is 12.1. The highest BCUT2D eigenvalue weighted by Crippen LogP contribution is 2.17. The van der Waals surface area contributed by atoms with Crippen LogP contribution in [0.3, 0.4) is 0 Å². The summed E-state index contributed by atoms with van der Waals surface area (Å²) >= 11 is 0. The molecule has 0 radical (unpaired) electrons. The molecule has 25 heavy (non-hydrogen) atoms. The molecule has 0 aliphatic carbocycles. The monoisotopic (exact) mass is 343 g/mol. The quantitative estimate of drug-likeness (QED) is 0.618. The van der Waals surface area contributed by atoms with Gasteiger partial charge in [-0.2, -0.15) is 0 Å². The summed E-state index contributed by atoms with van der Waals surface area (Å²) in [7, 11) is 0. The average Bonchev–Trinajstić information content (AvgIpc) is 3.22. The zero-order valence-electron chi connectivity index (χ0n) is 13.8. The molecule has 0 aromatic carbocycles. The maximum atomic E-state index is 11.3. The molecule has 0 aliphatic rings. The molecule has 9 nitrogen and oxygen atoms in total. The molecule has 9 heteroatoms. The van der Waals surface area contributed by atoms with Gasteiger partial charge in [-0.05, 0) is 12.1 Å². The van der Waals surface area contributed by atoms with Crippen LogP contribution in [0.4, 0.5) is 0 Å². The van der Waals surface area contributed by atoms with Gasteiger partial charge in [0, 0.05) is 26.2 Å². The van der Waals surface area contributed by atoms with Gasteiger partial charge in [0.1, 0.15) is 12.9 Å². The van der Waals surface area contributed by atoms with Crippen LogP contribution in [0.25, 0.3) is 17.0 Å². The van der Waals surface area contributed by atoms with E-state index in [2.05, 4.69) is 15.0 Å². The van der Waals surface area contributed by atoms with E-state index in [1.165, 1.54) is 20.2 Å². The van der Waals surface area contributed by atoms with E-state index in [9.17, 15) is 9.59 Å². The molecule has 1 atom stereocenters. The van der Waals surface area contributed by atoms with E-state index in [1.807, 2.05) is 29.1 Å². The lowest BCUT2D eigenvalue weighted by Crippen LogP contribution is -2.28. The van der Waals surface area contributed by atoms with Gasteiger partial charge in [-0.15, -0.1) is 0 Å². The summed E-state index contributed by atoms with van der Waals surface area (Å²) < 4.78 is 13.7. The maximum Gasteiger partial charge on any atom is 0.303 e. The molecule has 0 bridgehead atoms. The number of rotatable bonds is 6. The number of esters is 2. The summed E-state index contributed by atoms with van der Waals surface area (Å²) in [6.07, 6.45) is 6.13. The Labute approximate surface area is 143 Å². The largest absolute Gasteiger partial charge is 0.462 e. The first kappa shape index (κ1) is 16.6. The number of carbonyl (C=O) groups is 2. The fraction of sp³-hybridized carbons (Fsp3) is 0.312. The number of aromatic nitrogens is 5. The van der Waals surface area contributed by atoms with E-state index in [4.69, 9.17) is 9.47 Å². The molecule has 0 aliphatic heterocycles. The van der Waals surface area contributed by atoms with E-state index in [0.29, 0.717) is 17.0 Å². The molecule has 0 spiro atoms. The fourth-order valence-corrected chi connectivity index (χ4v) is 2.45. The van der Waals surface area contributed by atoms with Crippen LogP contribution in [0.5, 0.6) is 0 Å². The van der Waals surface area contributed by atoms with Gasteiger partial charge in [-0.3, -0.25) is 9.59 Å². The van der Waals surface area contributed by atoms with E-state index in [1.54, 1.807) is 10.9 Å². The molecular formula is C16H17N5O4. The first-order valence-corrected chi connectivity index (χ1v) is 7.64. The third-order valence-corrected chi connectivity index (χ3v) is 3.44. The second-order valence-electron chi connectivity index (χ2n) is 5.39. The number of hydrogen-bond donors (Lipinski definition) is 0. The van der Waals surface area contributed by atoms with Crippen molar-refractivity contribution in [2.45, 2.75) is 26.5 Å². The summed E-state index contributed by atoms with van der Waals surface area (Å²) in [5.74, 6) is -0.244. The van der Waals surface area contributed by atoms with Gasteiger partial charge < -0.3 is 18.6 Å². The molecule has 0 N–H and O–H groups in total. The summed E-state index contributed by atoms with van der Waals surface area (Å²) in [5, 5.41) is 0. The summed E-state index contributed by atoms with van der Waals surface area (Å²) in [5.41, 5.74) is 1.21. The van der Waals surface area contributed by atoms with Crippen LogP contribution in [0.1, 0.15) is 13.8 Å². The Hall–Kier alpha value is -3.23. The third-order valence-electron chi connectivity index (χ3n) is 3.44. The lowest BCUT2D eigenvalue weighted by Gasteiger charge is -2.17. The van der Waals surface area contributed by atoms with Crippen LogP contribution in [-0.4, -0.2) is 48.7 Å². The predicted octanol–water partition coefficient (Wildman–Crippen LogP) is 1.11.